The SMILES string of the molecule is Cc1nn2c(c1C)NCCC2C1CCCO1. The second-order valence-corrected chi connectivity index (χ2v) is 4.84. The van der Waals surface area contributed by atoms with Gasteiger partial charge in [-0.15, -0.1) is 0 Å². The number of anilines is 1. The highest BCUT2D eigenvalue weighted by atomic mass is 16.5. The van der Waals surface area contributed by atoms with Crippen molar-refractivity contribution in [2.45, 2.75) is 45.3 Å². The van der Waals surface area contributed by atoms with Crippen molar-refractivity contribution in [3.63, 3.8) is 0 Å². The van der Waals surface area contributed by atoms with Crippen LogP contribution < -0.4 is 5.32 Å². The van der Waals surface area contributed by atoms with Crippen molar-refractivity contribution in [2.75, 3.05) is 18.5 Å². The van der Waals surface area contributed by atoms with E-state index in [1.807, 2.05) is 0 Å². The van der Waals surface area contributed by atoms with Crippen LogP contribution in [0.25, 0.3) is 0 Å². The highest BCUT2D eigenvalue weighted by Crippen LogP contribution is 2.34. The van der Waals surface area contributed by atoms with Gasteiger partial charge in [0, 0.05) is 18.7 Å². The number of rotatable bonds is 1. The molecule has 4 nitrogen and oxygen atoms in total. The van der Waals surface area contributed by atoms with E-state index in [0.717, 1.165) is 25.3 Å². The quantitative estimate of drug-likeness (QED) is 0.788. The maximum absolute atomic E-state index is 5.81. The maximum Gasteiger partial charge on any atom is 0.127 e. The summed E-state index contributed by atoms with van der Waals surface area (Å²) in [6.45, 7) is 6.17. The topological polar surface area (TPSA) is 39.1 Å². The van der Waals surface area contributed by atoms with Gasteiger partial charge in [0.15, 0.2) is 0 Å². The van der Waals surface area contributed by atoms with Crippen LogP contribution in [0.2, 0.25) is 0 Å². The molecule has 3 rings (SSSR count). The van der Waals surface area contributed by atoms with Crippen molar-refractivity contribution in [1.29, 1.82) is 0 Å². The lowest BCUT2D eigenvalue weighted by molar-refractivity contribution is 0.0591. The normalized spacial score (nSPS) is 28.9. The number of aromatic nitrogens is 2. The van der Waals surface area contributed by atoms with Crippen LogP contribution in [-0.4, -0.2) is 29.0 Å². The zero-order valence-electron chi connectivity index (χ0n) is 9.99. The molecule has 3 heterocycles. The van der Waals surface area contributed by atoms with Crippen molar-refractivity contribution in [3.05, 3.63) is 11.3 Å². The van der Waals surface area contributed by atoms with E-state index < -0.39 is 0 Å². The van der Waals surface area contributed by atoms with E-state index in [1.165, 1.54) is 24.2 Å². The standard InChI is InChI=1S/C12H19N3O/c1-8-9(2)14-15-10(5-6-13-12(8)15)11-4-3-7-16-11/h10-11,13H,3-7H2,1-2H3. The molecule has 2 atom stereocenters. The van der Waals surface area contributed by atoms with Crippen LogP contribution in [0.5, 0.6) is 0 Å². The van der Waals surface area contributed by atoms with Crippen LogP contribution in [0.3, 0.4) is 0 Å². The van der Waals surface area contributed by atoms with Crippen LogP contribution in [-0.2, 0) is 4.74 Å². The summed E-state index contributed by atoms with van der Waals surface area (Å²) >= 11 is 0. The molecule has 4 heteroatoms. The van der Waals surface area contributed by atoms with Gasteiger partial charge in [-0.25, -0.2) is 4.68 Å². The van der Waals surface area contributed by atoms with Gasteiger partial charge in [0.1, 0.15) is 5.82 Å². The van der Waals surface area contributed by atoms with Gasteiger partial charge in [0.2, 0.25) is 0 Å². The molecular weight excluding hydrogens is 202 g/mol. The fourth-order valence-electron chi connectivity index (χ4n) is 2.79. The fraction of sp³-hybridized carbons (Fsp3) is 0.750. The van der Waals surface area contributed by atoms with Gasteiger partial charge < -0.3 is 10.1 Å². The first-order valence-corrected chi connectivity index (χ1v) is 6.18. The summed E-state index contributed by atoms with van der Waals surface area (Å²) in [4.78, 5) is 0. The largest absolute Gasteiger partial charge is 0.376 e. The summed E-state index contributed by atoms with van der Waals surface area (Å²) in [5.74, 6) is 1.20. The highest BCUT2D eigenvalue weighted by molar-refractivity contribution is 5.48. The van der Waals surface area contributed by atoms with E-state index in [0.29, 0.717) is 12.1 Å². The molecule has 2 unspecified atom stereocenters. The fourth-order valence-corrected chi connectivity index (χ4v) is 2.79. The molecule has 0 bridgehead atoms. The van der Waals surface area contributed by atoms with Gasteiger partial charge >= 0.3 is 0 Å². The lowest BCUT2D eigenvalue weighted by atomic mass is 10.0. The van der Waals surface area contributed by atoms with Crippen molar-refractivity contribution in [1.82, 2.24) is 9.78 Å². The molecular formula is C12H19N3O. The average molecular weight is 221 g/mol. The first-order valence-electron chi connectivity index (χ1n) is 6.18. The minimum absolute atomic E-state index is 0.375. The Morgan fingerprint density at radius 1 is 1.38 bits per heavy atom. The van der Waals surface area contributed by atoms with Gasteiger partial charge in [0.25, 0.3) is 0 Å². The van der Waals surface area contributed by atoms with Crippen LogP contribution in [0.4, 0.5) is 5.82 Å². The zero-order chi connectivity index (χ0) is 11.1. The third-order valence-corrected chi connectivity index (χ3v) is 3.83. The van der Waals surface area contributed by atoms with Crippen LogP contribution in [0, 0.1) is 13.8 Å². The summed E-state index contributed by atoms with van der Waals surface area (Å²) in [6.07, 6.45) is 3.88. The van der Waals surface area contributed by atoms with Crippen LogP contribution in [0.15, 0.2) is 0 Å². The van der Waals surface area contributed by atoms with Crippen molar-refractivity contribution in [3.8, 4) is 0 Å². The predicted molar refractivity (Wildman–Crippen MR) is 62.8 cm³/mol. The lowest BCUT2D eigenvalue weighted by Crippen LogP contribution is -2.32. The first kappa shape index (κ1) is 10.1. The molecule has 0 spiro atoms. The molecule has 2 aliphatic heterocycles. The second-order valence-electron chi connectivity index (χ2n) is 4.84. The van der Waals surface area contributed by atoms with Gasteiger partial charge in [-0.05, 0) is 33.1 Å². The monoisotopic (exact) mass is 221 g/mol. The van der Waals surface area contributed by atoms with Crippen LogP contribution in [0.1, 0.15) is 36.6 Å². The third-order valence-electron chi connectivity index (χ3n) is 3.83. The maximum atomic E-state index is 5.81. The zero-order valence-corrected chi connectivity index (χ0v) is 9.99. The predicted octanol–water partition coefficient (Wildman–Crippen LogP) is 2.04. The third kappa shape index (κ3) is 1.44. The molecule has 1 fully saturated rings. The molecule has 0 saturated carbocycles. The molecule has 0 amide bonds. The number of aryl methyl sites for hydroxylation is 1. The Morgan fingerprint density at radius 2 is 2.25 bits per heavy atom. The molecule has 16 heavy (non-hydrogen) atoms. The molecule has 88 valence electrons. The number of hydrogen-bond acceptors (Lipinski definition) is 3. The highest BCUT2D eigenvalue weighted by Gasteiger charge is 2.32. The minimum atomic E-state index is 0.375. The first-order chi connectivity index (χ1) is 7.77. The van der Waals surface area contributed by atoms with Crippen molar-refractivity contribution < 1.29 is 4.74 Å². The smallest absolute Gasteiger partial charge is 0.127 e. The Kier molecular flexibility index (Phi) is 2.39. The summed E-state index contributed by atoms with van der Waals surface area (Å²) in [7, 11) is 0. The molecule has 1 aromatic rings. The van der Waals surface area contributed by atoms with E-state index in [4.69, 9.17) is 4.74 Å². The summed E-state index contributed by atoms with van der Waals surface area (Å²) in [6, 6.07) is 0.436. The molecule has 1 saturated heterocycles. The second kappa shape index (κ2) is 3.77. The Balaban J connectivity index is 1.96. The summed E-state index contributed by atoms with van der Waals surface area (Å²) in [5, 5.41) is 8.10. The molecule has 1 N–H and O–H groups in total. The van der Waals surface area contributed by atoms with E-state index >= 15 is 0 Å². The number of nitrogens with one attached hydrogen (secondary N) is 1. The molecule has 1 aromatic heterocycles. The number of fused-ring (bicyclic) bond motifs is 1. The van der Waals surface area contributed by atoms with Gasteiger partial charge in [-0.3, -0.25) is 0 Å². The van der Waals surface area contributed by atoms with Crippen molar-refractivity contribution >= 4 is 5.82 Å². The molecule has 0 aromatic carbocycles. The van der Waals surface area contributed by atoms with E-state index in [1.54, 1.807) is 0 Å². The van der Waals surface area contributed by atoms with Crippen LogP contribution >= 0.6 is 0 Å². The lowest BCUT2D eigenvalue weighted by Gasteiger charge is -2.29. The molecule has 2 aliphatic rings. The average Bonchev–Trinajstić information content (AvgIpc) is 2.89. The Morgan fingerprint density at radius 3 is 3.00 bits per heavy atom. The molecule has 0 aliphatic carbocycles. The Labute approximate surface area is 96.0 Å². The summed E-state index contributed by atoms with van der Waals surface area (Å²) < 4.78 is 7.97. The van der Waals surface area contributed by atoms with Gasteiger partial charge in [-0.2, -0.15) is 5.10 Å². The molecule has 0 radical (unpaired) electrons. The van der Waals surface area contributed by atoms with Gasteiger partial charge in [-0.1, -0.05) is 0 Å². The van der Waals surface area contributed by atoms with E-state index in [2.05, 4.69) is 28.9 Å². The minimum Gasteiger partial charge on any atom is -0.376 e. The number of ether oxygens (including phenoxy) is 1. The van der Waals surface area contributed by atoms with Crippen molar-refractivity contribution in [2.24, 2.45) is 0 Å². The van der Waals surface area contributed by atoms with Gasteiger partial charge in [0.05, 0.1) is 17.8 Å². The Bertz CT molecular complexity index is 393. The summed E-state index contributed by atoms with van der Waals surface area (Å²) in [5.41, 5.74) is 2.41. The number of hydrogen-bond donors (Lipinski definition) is 1. The Hall–Kier alpha value is -1.03. The van der Waals surface area contributed by atoms with E-state index in [9.17, 15) is 0 Å². The van der Waals surface area contributed by atoms with E-state index in [-0.39, 0.29) is 0 Å². The number of nitrogens with zero attached hydrogens (tertiary/aromatic N) is 2.